The second kappa shape index (κ2) is 6.86. The van der Waals surface area contributed by atoms with E-state index in [1.54, 1.807) is 0 Å². The lowest BCUT2D eigenvalue weighted by atomic mass is 10.1. The molecule has 2 N–H and O–H groups in total. The van der Waals surface area contributed by atoms with E-state index in [1.165, 1.54) is 11.1 Å². The van der Waals surface area contributed by atoms with Crippen LogP contribution in [0.4, 0.5) is 0 Å². The summed E-state index contributed by atoms with van der Waals surface area (Å²) in [6.07, 6.45) is 2.90. The highest BCUT2D eigenvalue weighted by Gasteiger charge is 2.01. The van der Waals surface area contributed by atoms with Crippen LogP contribution in [0.5, 0.6) is 0 Å². The van der Waals surface area contributed by atoms with Crippen LogP contribution in [0.1, 0.15) is 11.1 Å². The summed E-state index contributed by atoms with van der Waals surface area (Å²) in [7, 11) is 0. The van der Waals surface area contributed by atoms with Crippen LogP contribution in [-0.4, -0.2) is 16.7 Å². The summed E-state index contributed by atoms with van der Waals surface area (Å²) < 4.78 is 0. The van der Waals surface area contributed by atoms with Crippen molar-refractivity contribution in [1.29, 1.82) is 0 Å². The van der Waals surface area contributed by atoms with Crippen LogP contribution in [0, 0.1) is 0 Å². The van der Waals surface area contributed by atoms with Crippen LogP contribution in [0.15, 0.2) is 66.9 Å². The minimum Gasteiger partial charge on any atom is -0.312 e. The average molecular weight is 277 g/mol. The van der Waals surface area contributed by atoms with Gasteiger partial charge in [0, 0.05) is 18.3 Å². The van der Waals surface area contributed by atoms with E-state index in [9.17, 15) is 0 Å². The molecule has 0 atom stereocenters. The van der Waals surface area contributed by atoms with Gasteiger partial charge in [0.25, 0.3) is 0 Å². The van der Waals surface area contributed by atoms with Crippen molar-refractivity contribution in [2.24, 2.45) is 0 Å². The van der Waals surface area contributed by atoms with Gasteiger partial charge in [0.2, 0.25) is 0 Å². The van der Waals surface area contributed by atoms with Gasteiger partial charge in [0.15, 0.2) is 0 Å². The quantitative estimate of drug-likeness (QED) is 0.678. The van der Waals surface area contributed by atoms with Gasteiger partial charge in [-0.2, -0.15) is 5.10 Å². The summed E-state index contributed by atoms with van der Waals surface area (Å²) in [5, 5.41) is 10.6. The van der Waals surface area contributed by atoms with Crippen LogP contribution in [-0.2, 0) is 13.0 Å². The first kappa shape index (κ1) is 13.6. The van der Waals surface area contributed by atoms with E-state index < -0.39 is 0 Å². The van der Waals surface area contributed by atoms with Crippen molar-refractivity contribution in [1.82, 2.24) is 15.5 Å². The van der Waals surface area contributed by atoms with Crippen LogP contribution in [0.25, 0.3) is 11.3 Å². The van der Waals surface area contributed by atoms with E-state index in [-0.39, 0.29) is 0 Å². The Labute approximate surface area is 125 Å². The highest BCUT2D eigenvalue weighted by molar-refractivity contribution is 5.59. The molecule has 3 heteroatoms. The Hall–Kier alpha value is -2.39. The predicted molar refractivity (Wildman–Crippen MR) is 85.9 cm³/mol. The Balaban J connectivity index is 1.53. The third-order valence-electron chi connectivity index (χ3n) is 3.49. The molecule has 0 radical (unpaired) electrons. The molecule has 1 aromatic heterocycles. The number of rotatable bonds is 6. The molecular weight excluding hydrogens is 258 g/mol. The minimum absolute atomic E-state index is 0.880. The van der Waals surface area contributed by atoms with Crippen LogP contribution < -0.4 is 5.32 Å². The fraction of sp³-hybridized carbons (Fsp3) is 0.167. The molecule has 0 fully saturated rings. The Bertz CT molecular complexity index is 660. The molecule has 1 heterocycles. The van der Waals surface area contributed by atoms with Gasteiger partial charge < -0.3 is 5.32 Å². The van der Waals surface area contributed by atoms with E-state index >= 15 is 0 Å². The smallest absolute Gasteiger partial charge is 0.0920 e. The summed E-state index contributed by atoms with van der Waals surface area (Å²) in [5.41, 5.74) is 4.79. The van der Waals surface area contributed by atoms with Gasteiger partial charge in [-0.25, -0.2) is 0 Å². The lowest BCUT2D eigenvalue weighted by molar-refractivity contribution is 0.687. The Morgan fingerprint density at radius 2 is 1.76 bits per heavy atom. The molecule has 2 aromatic carbocycles. The maximum atomic E-state index is 4.22. The van der Waals surface area contributed by atoms with E-state index in [1.807, 2.05) is 12.3 Å². The molecule has 0 spiro atoms. The number of aromatic nitrogens is 2. The fourth-order valence-corrected chi connectivity index (χ4v) is 2.37. The Kier molecular flexibility index (Phi) is 4.44. The summed E-state index contributed by atoms with van der Waals surface area (Å²) in [6, 6.07) is 21.0. The third-order valence-corrected chi connectivity index (χ3v) is 3.49. The molecule has 21 heavy (non-hydrogen) atoms. The zero-order valence-electron chi connectivity index (χ0n) is 11.9. The molecule has 0 bridgehead atoms. The van der Waals surface area contributed by atoms with E-state index in [2.05, 4.69) is 70.1 Å². The molecule has 3 aromatic rings. The van der Waals surface area contributed by atoms with Crippen molar-refractivity contribution < 1.29 is 0 Å². The molecule has 0 amide bonds. The van der Waals surface area contributed by atoms with Crippen LogP contribution >= 0.6 is 0 Å². The normalized spacial score (nSPS) is 10.7. The van der Waals surface area contributed by atoms with Gasteiger partial charge in [-0.1, -0.05) is 48.5 Å². The number of hydrogen-bond acceptors (Lipinski definition) is 2. The zero-order valence-corrected chi connectivity index (χ0v) is 11.9. The Morgan fingerprint density at radius 1 is 0.905 bits per heavy atom. The molecule has 106 valence electrons. The van der Waals surface area contributed by atoms with Crippen LogP contribution in [0.2, 0.25) is 0 Å². The monoisotopic (exact) mass is 277 g/mol. The standard InChI is InChI=1S/C18H19N3/c1-2-5-15(6-3-1)9-11-19-14-16-7-4-8-17(13-16)18-10-12-20-21-18/h1-8,10,12-13,19H,9,11,14H2,(H,20,21). The molecule has 3 nitrogen and oxygen atoms in total. The predicted octanol–water partition coefficient (Wildman–Crippen LogP) is 3.41. The molecule has 0 aliphatic carbocycles. The van der Waals surface area contributed by atoms with Crippen molar-refractivity contribution in [3.8, 4) is 11.3 Å². The molecule has 0 saturated carbocycles. The second-order valence-corrected chi connectivity index (χ2v) is 5.07. The molecule has 0 unspecified atom stereocenters. The van der Waals surface area contributed by atoms with Gasteiger partial charge in [-0.3, -0.25) is 5.10 Å². The zero-order chi connectivity index (χ0) is 14.3. The number of hydrogen-bond donors (Lipinski definition) is 2. The molecule has 0 aliphatic heterocycles. The third kappa shape index (κ3) is 3.80. The van der Waals surface area contributed by atoms with Crippen molar-refractivity contribution in [3.05, 3.63) is 78.0 Å². The van der Waals surface area contributed by atoms with Crippen molar-refractivity contribution in [2.45, 2.75) is 13.0 Å². The van der Waals surface area contributed by atoms with Gasteiger partial charge in [-0.15, -0.1) is 0 Å². The number of H-pyrrole nitrogens is 1. The summed E-state index contributed by atoms with van der Waals surface area (Å²) in [6.45, 7) is 1.86. The summed E-state index contributed by atoms with van der Waals surface area (Å²) >= 11 is 0. The SMILES string of the molecule is c1ccc(CCNCc2cccc(-c3cc[nH]n3)c2)cc1. The second-order valence-electron chi connectivity index (χ2n) is 5.07. The van der Waals surface area contributed by atoms with Crippen LogP contribution in [0.3, 0.4) is 0 Å². The topological polar surface area (TPSA) is 40.7 Å². The van der Waals surface area contributed by atoms with Gasteiger partial charge in [0.1, 0.15) is 0 Å². The molecule has 0 aliphatic rings. The van der Waals surface area contributed by atoms with Gasteiger partial charge >= 0.3 is 0 Å². The van der Waals surface area contributed by atoms with Crippen molar-refractivity contribution in [3.63, 3.8) is 0 Å². The lowest BCUT2D eigenvalue weighted by Gasteiger charge is -2.06. The molecular formula is C18H19N3. The number of nitrogens with zero attached hydrogens (tertiary/aromatic N) is 1. The largest absolute Gasteiger partial charge is 0.312 e. The molecule has 3 rings (SSSR count). The highest BCUT2D eigenvalue weighted by atomic mass is 15.1. The summed E-state index contributed by atoms with van der Waals surface area (Å²) in [4.78, 5) is 0. The first-order valence-corrected chi connectivity index (χ1v) is 7.25. The average Bonchev–Trinajstić information content (AvgIpc) is 3.07. The lowest BCUT2D eigenvalue weighted by Crippen LogP contribution is -2.16. The van der Waals surface area contributed by atoms with E-state index in [4.69, 9.17) is 0 Å². The number of benzene rings is 2. The van der Waals surface area contributed by atoms with E-state index in [0.29, 0.717) is 0 Å². The molecule has 0 saturated heterocycles. The van der Waals surface area contributed by atoms with Crippen molar-refractivity contribution in [2.75, 3.05) is 6.54 Å². The maximum absolute atomic E-state index is 4.22. The maximum Gasteiger partial charge on any atom is 0.0920 e. The van der Waals surface area contributed by atoms with E-state index in [0.717, 1.165) is 30.8 Å². The highest BCUT2D eigenvalue weighted by Crippen LogP contribution is 2.17. The fourth-order valence-electron chi connectivity index (χ4n) is 2.37. The number of aromatic amines is 1. The van der Waals surface area contributed by atoms with Gasteiger partial charge in [-0.05, 0) is 36.2 Å². The van der Waals surface area contributed by atoms with Gasteiger partial charge in [0.05, 0.1) is 5.69 Å². The number of nitrogens with one attached hydrogen (secondary N) is 2. The van der Waals surface area contributed by atoms with Crippen molar-refractivity contribution >= 4 is 0 Å². The Morgan fingerprint density at radius 3 is 2.57 bits per heavy atom. The first-order valence-electron chi connectivity index (χ1n) is 7.25. The first-order chi connectivity index (χ1) is 10.4. The minimum atomic E-state index is 0.880. The summed E-state index contributed by atoms with van der Waals surface area (Å²) in [5.74, 6) is 0.